The fraction of sp³-hybridized carbons (Fsp3) is 0.188. The molecule has 0 radical (unpaired) electrons. The molecule has 1 fully saturated rings. The zero-order valence-electron chi connectivity index (χ0n) is 12.7. The van der Waals surface area contributed by atoms with Crippen LogP contribution in [0.15, 0.2) is 48.5 Å². The first-order valence-electron chi connectivity index (χ1n) is 7.38. The van der Waals surface area contributed by atoms with Crippen LogP contribution >= 0.6 is 0 Å². The lowest BCUT2D eigenvalue weighted by molar-refractivity contribution is 0.262. The third kappa shape index (κ3) is 3.65. The summed E-state index contributed by atoms with van der Waals surface area (Å²) in [5, 5.41) is 5.21. The van der Waals surface area contributed by atoms with Gasteiger partial charge in [-0.05, 0) is 48.9 Å². The first kappa shape index (κ1) is 16.3. The van der Waals surface area contributed by atoms with E-state index in [2.05, 4.69) is 10.6 Å². The van der Waals surface area contributed by atoms with Gasteiger partial charge in [0.1, 0.15) is 5.82 Å². The van der Waals surface area contributed by atoms with Crippen molar-refractivity contribution in [3.05, 3.63) is 54.3 Å². The smallest absolute Gasteiger partial charge is 0.308 e. The van der Waals surface area contributed by atoms with Crippen LogP contribution in [0.1, 0.15) is 6.42 Å². The van der Waals surface area contributed by atoms with Gasteiger partial charge in [0.2, 0.25) is 10.0 Å². The molecule has 1 aliphatic rings. The first-order valence-corrected chi connectivity index (χ1v) is 8.99. The lowest BCUT2D eigenvalue weighted by atomic mass is 10.2. The maximum absolute atomic E-state index is 12.8. The van der Waals surface area contributed by atoms with Gasteiger partial charge in [0.05, 0.1) is 11.4 Å². The monoisotopic (exact) mass is 349 g/mol. The van der Waals surface area contributed by atoms with Crippen LogP contribution in [0.4, 0.5) is 26.2 Å². The van der Waals surface area contributed by atoms with Gasteiger partial charge in [-0.25, -0.2) is 17.6 Å². The van der Waals surface area contributed by atoms with E-state index in [4.69, 9.17) is 0 Å². The molecule has 8 heteroatoms. The van der Waals surface area contributed by atoms with E-state index in [1.807, 2.05) is 0 Å². The number of amides is 2. The van der Waals surface area contributed by atoms with E-state index in [0.29, 0.717) is 30.0 Å². The van der Waals surface area contributed by atoms with E-state index in [1.54, 1.807) is 24.3 Å². The summed E-state index contributed by atoms with van der Waals surface area (Å²) in [6, 6.07) is 11.5. The molecule has 2 aromatic carbocycles. The number of urea groups is 1. The first-order chi connectivity index (χ1) is 11.4. The quantitative estimate of drug-likeness (QED) is 0.894. The van der Waals surface area contributed by atoms with Crippen LogP contribution in [0.2, 0.25) is 0 Å². The number of nitrogens with zero attached hydrogens (tertiary/aromatic N) is 1. The van der Waals surface area contributed by atoms with Crippen molar-refractivity contribution < 1.29 is 17.6 Å². The molecule has 0 bridgehead atoms. The van der Waals surface area contributed by atoms with Crippen LogP contribution in [-0.4, -0.2) is 26.7 Å². The molecule has 3 rings (SSSR count). The zero-order chi connectivity index (χ0) is 17.2. The predicted octanol–water partition coefficient (Wildman–Crippen LogP) is 3.01. The molecule has 24 heavy (non-hydrogen) atoms. The second-order valence-electron chi connectivity index (χ2n) is 5.38. The van der Waals surface area contributed by atoms with Crippen molar-refractivity contribution in [1.29, 1.82) is 0 Å². The maximum atomic E-state index is 12.8. The summed E-state index contributed by atoms with van der Waals surface area (Å²) in [5.74, 6) is -0.254. The molecule has 126 valence electrons. The van der Waals surface area contributed by atoms with Crippen molar-refractivity contribution >= 4 is 33.1 Å². The number of nitrogens with one attached hydrogen (secondary N) is 2. The molecule has 0 aliphatic carbocycles. The third-order valence-electron chi connectivity index (χ3n) is 3.59. The summed E-state index contributed by atoms with van der Waals surface area (Å²) in [7, 11) is -3.27. The molecule has 0 unspecified atom stereocenters. The van der Waals surface area contributed by atoms with Gasteiger partial charge in [0.25, 0.3) is 0 Å². The van der Waals surface area contributed by atoms with Crippen LogP contribution in [0.5, 0.6) is 0 Å². The Morgan fingerprint density at radius 3 is 2.42 bits per heavy atom. The van der Waals surface area contributed by atoms with Gasteiger partial charge in [-0.1, -0.05) is 6.07 Å². The van der Waals surface area contributed by atoms with Gasteiger partial charge in [-0.15, -0.1) is 0 Å². The minimum absolute atomic E-state index is 0.135. The lowest BCUT2D eigenvalue weighted by Gasteiger charge is -2.18. The van der Waals surface area contributed by atoms with E-state index >= 15 is 0 Å². The number of carbonyl (C=O) groups excluding carboxylic acids is 1. The van der Waals surface area contributed by atoms with Gasteiger partial charge in [0.15, 0.2) is 0 Å². The third-order valence-corrected chi connectivity index (χ3v) is 5.46. The van der Waals surface area contributed by atoms with E-state index in [-0.39, 0.29) is 11.6 Å². The number of benzene rings is 2. The number of hydrogen-bond donors (Lipinski definition) is 2. The van der Waals surface area contributed by atoms with Crippen LogP contribution in [-0.2, 0) is 10.0 Å². The highest BCUT2D eigenvalue weighted by Gasteiger charge is 2.28. The molecular formula is C16H16FN3O3S. The van der Waals surface area contributed by atoms with E-state index in [1.165, 1.54) is 28.6 Å². The fourth-order valence-electron chi connectivity index (χ4n) is 2.49. The molecule has 1 saturated heterocycles. The van der Waals surface area contributed by atoms with Crippen LogP contribution in [0.3, 0.4) is 0 Å². The highest BCUT2D eigenvalue weighted by Crippen LogP contribution is 2.26. The van der Waals surface area contributed by atoms with Crippen molar-refractivity contribution in [3.8, 4) is 0 Å². The Hall–Kier alpha value is -2.61. The SMILES string of the molecule is O=C(Nc1ccc(F)cc1)Nc1cccc(N2CCCS2(=O)=O)c1. The molecular weight excluding hydrogens is 333 g/mol. The highest BCUT2D eigenvalue weighted by molar-refractivity contribution is 7.93. The molecule has 2 N–H and O–H groups in total. The Morgan fingerprint density at radius 2 is 1.75 bits per heavy atom. The summed E-state index contributed by atoms with van der Waals surface area (Å²) in [6.45, 7) is 0.438. The maximum Gasteiger partial charge on any atom is 0.323 e. The average Bonchev–Trinajstić information content (AvgIpc) is 2.89. The topological polar surface area (TPSA) is 78.5 Å². The number of anilines is 3. The minimum atomic E-state index is -3.27. The fourth-order valence-corrected chi connectivity index (χ4v) is 4.05. The van der Waals surface area contributed by atoms with Gasteiger partial charge in [0, 0.05) is 17.9 Å². The molecule has 6 nitrogen and oxygen atoms in total. The summed E-state index contributed by atoms with van der Waals surface area (Å²) >= 11 is 0. The Balaban J connectivity index is 1.70. The summed E-state index contributed by atoms with van der Waals surface area (Å²) in [4.78, 5) is 12.0. The summed E-state index contributed by atoms with van der Waals surface area (Å²) < 4.78 is 38.1. The largest absolute Gasteiger partial charge is 0.323 e. The Labute approximate surface area is 139 Å². The number of halogens is 1. The van der Waals surface area contributed by atoms with Gasteiger partial charge < -0.3 is 10.6 Å². The van der Waals surface area contributed by atoms with Crippen molar-refractivity contribution in [2.45, 2.75) is 6.42 Å². The molecule has 0 atom stereocenters. The second-order valence-corrected chi connectivity index (χ2v) is 7.39. The average molecular weight is 349 g/mol. The summed E-state index contributed by atoms with van der Waals surface area (Å²) in [6.07, 6.45) is 0.588. The van der Waals surface area contributed by atoms with E-state index in [9.17, 15) is 17.6 Å². The van der Waals surface area contributed by atoms with Crippen molar-refractivity contribution in [1.82, 2.24) is 0 Å². The van der Waals surface area contributed by atoms with Crippen molar-refractivity contribution in [3.63, 3.8) is 0 Å². The van der Waals surface area contributed by atoms with Gasteiger partial charge >= 0.3 is 6.03 Å². The molecule has 0 spiro atoms. The van der Waals surface area contributed by atoms with Crippen molar-refractivity contribution in [2.75, 3.05) is 27.2 Å². The molecule has 1 aliphatic heterocycles. The van der Waals surface area contributed by atoms with Crippen molar-refractivity contribution in [2.24, 2.45) is 0 Å². The van der Waals surface area contributed by atoms with E-state index < -0.39 is 16.1 Å². The minimum Gasteiger partial charge on any atom is -0.308 e. The number of rotatable bonds is 3. The Morgan fingerprint density at radius 1 is 1.04 bits per heavy atom. The lowest BCUT2D eigenvalue weighted by Crippen LogP contribution is -2.25. The van der Waals surface area contributed by atoms with Crippen LogP contribution in [0, 0.1) is 5.82 Å². The highest BCUT2D eigenvalue weighted by atomic mass is 32.2. The van der Waals surface area contributed by atoms with Crippen LogP contribution in [0.25, 0.3) is 0 Å². The standard InChI is InChI=1S/C16H16FN3O3S/c17-12-5-7-13(8-6-12)18-16(21)19-14-3-1-4-15(11-14)20-9-2-10-24(20,22)23/h1,3-8,11H,2,9-10H2,(H2,18,19,21). The van der Waals surface area contributed by atoms with E-state index in [0.717, 1.165) is 0 Å². The number of carbonyl (C=O) groups is 1. The second kappa shape index (κ2) is 6.48. The molecule has 0 saturated carbocycles. The zero-order valence-corrected chi connectivity index (χ0v) is 13.5. The molecule has 2 aromatic rings. The van der Waals surface area contributed by atoms with Crippen LogP contribution < -0.4 is 14.9 Å². The van der Waals surface area contributed by atoms with Gasteiger partial charge in [-0.3, -0.25) is 4.31 Å². The normalized spacial score (nSPS) is 16.0. The predicted molar refractivity (Wildman–Crippen MR) is 91.2 cm³/mol. The molecule has 1 heterocycles. The molecule has 2 amide bonds. The number of hydrogen-bond acceptors (Lipinski definition) is 3. The summed E-state index contributed by atoms with van der Waals surface area (Å²) in [5.41, 5.74) is 1.44. The Bertz CT molecular complexity index is 853. The number of sulfonamides is 1. The Kier molecular flexibility index (Phi) is 4.39. The van der Waals surface area contributed by atoms with Gasteiger partial charge in [-0.2, -0.15) is 0 Å². The molecule has 0 aromatic heterocycles.